The summed E-state index contributed by atoms with van der Waals surface area (Å²) in [6.07, 6.45) is -0.782. The maximum absolute atomic E-state index is 12.3. The lowest BCUT2D eigenvalue weighted by Gasteiger charge is -2.16. The van der Waals surface area contributed by atoms with Crippen LogP contribution < -0.4 is 25.6 Å². The number of carbonyl (C=O) groups is 2. The first-order valence-electron chi connectivity index (χ1n) is 9.75. The normalized spacial score (nSPS) is 11.3. The van der Waals surface area contributed by atoms with E-state index in [1.807, 2.05) is 43.3 Å². The minimum Gasteiger partial charge on any atom is -0.494 e. The highest BCUT2D eigenvalue weighted by molar-refractivity contribution is 7.80. The van der Waals surface area contributed by atoms with E-state index in [2.05, 4.69) is 16.2 Å². The third-order valence-electron chi connectivity index (χ3n) is 4.34. The van der Waals surface area contributed by atoms with E-state index in [-0.39, 0.29) is 5.11 Å². The molecule has 7 nitrogen and oxygen atoms in total. The number of hydrogen-bond donors (Lipinski definition) is 3. The van der Waals surface area contributed by atoms with E-state index in [1.54, 1.807) is 37.3 Å². The van der Waals surface area contributed by atoms with Crippen molar-refractivity contribution in [1.29, 1.82) is 0 Å². The summed E-state index contributed by atoms with van der Waals surface area (Å²) in [5, 5.41) is 4.56. The molecule has 1 atom stereocenters. The van der Waals surface area contributed by atoms with Crippen LogP contribution in [0.2, 0.25) is 0 Å². The highest BCUT2D eigenvalue weighted by Crippen LogP contribution is 2.21. The first-order valence-corrected chi connectivity index (χ1v) is 10.2. The highest BCUT2D eigenvalue weighted by atomic mass is 32.1. The molecule has 0 aromatic heterocycles. The van der Waals surface area contributed by atoms with Gasteiger partial charge in [-0.25, -0.2) is 0 Å². The van der Waals surface area contributed by atoms with Crippen molar-refractivity contribution in [2.45, 2.75) is 20.0 Å². The molecule has 0 spiro atoms. The van der Waals surface area contributed by atoms with Crippen molar-refractivity contribution in [2.75, 3.05) is 6.61 Å². The summed E-state index contributed by atoms with van der Waals surface area (Å²) < 4.78 is 11.1. The lowest BCUT2D eigenvalue weighted by Crippen LogP contribution is -2.51. The van der Waals surface area contributed by atoms with Crippen molar-refractivity contribution in [3.8, 4) is 11.5 Å². The van der Waals surface area contributed by atoms with Crippen LogP contribution in [0.15, 0.2) is 66.7 Å². The summed E-state index contributed by atoms with van der Waals surface area (Å²) in [4.78, 5) is 24.6. The van der Waals surface area contributed by atoms with Crippen molar-refractivity contribution in [1.82, 2.24) is 16.2 Å². The summed E-state index contributed by atoms with van der Waals surface area (Å²) in [5.74, 6) is 0.297. The molecular weight excluding hydrogens is 414 g/mol. The summed E-state index contributed by atoms with van der Waals surface area (Å²) >= 11 is 5.07. The topological polar surface area (TPSA) is 88.7 Å². The Hall–Kier alpha value is -3.65. The molecule has 0 aliphatic rings. The number of ether oxygens (including phenoxy) is 2. The van der Waals surface area contributed by atoms with E-state index in [0.29, 0.717) is 23.7 Å². The van der Waals surface area contributed by atoms with E-state index >= 15 is 0 Å². The quantitative estimate of drug-likeness (QED) is 0.405. The third-order valence-corrected chi connectivity index (χ3v) is 4.54. The molecule has 0 saturated heterocycles. The first-order chi connectivity index (χ1) is 15.0. The van der Waals surface area contributed by atoms with Crippen LogP contribution in [0.3, 0.4) is 0 Å². The van der Waals surface area contributed by atoms with Gasteiger partial charge in [0.05, 0.1) is 6.61 Å². The molecule has 8 heteroatoms. The van der Waals surface area contributed by atoms with Crippen LogP contribution in [0, 0.1) is 0 Å². The van der Waals surface area contributed by atoms with Crippen LogP contribution >= 0.6 is 12.2 Å². The van der Waals surface area contributed by atoms with Gasteiger partial charge in [-0.2, -0.15) is 0 Å². The van der Waals surface area contributed by atoms with Gasteiger partial charge >= 0.3 is 0 Å². The standard InChI is InChI=1S/C23H23N3O4S/c1-3-29-19-10-6-9-18(14-19)22(28)24-23(31)26-25-21(27)15(2)30-20-12-11-16-7-4-5-8-17(16)13-20/h4-15H,3H2,1-2H3,(H,25,27)(H2,24,26,28,31). The molecule has 31 heavy (non-hydrogen) atoms. The second-order valence-electron chi connectivity index (χ2n) is 6.63. The minimum absolute atomic E-state index is 0.0435. The van der Waals surface area contributed by atoms with Crippen LogP contribution in [0.1, 0.15) is 24.2 Å². The molecule has 160 valence electrons. The van der Waals surface area contributed by atoms with E-state index in [9.17, 15) is 9.59 Å². The number of nitrogens with one attached hydrogen (secondary N) is 3. The lowest BCUT2D eigenvalue weighted by molar-refractivity contribution is -0.127. The number of hydrogen-bond acceptors (Lipinski definition) is 5. The van der Waals surface area contributed by atoms with E-state index in [4.69, 9.17) is 21.7 Å². The summed E-state index contributed by atoms with van der Waals surface area (Å²) in [6, 6.07) is 20.2. The number of fused-ring (bicyclic) bond motifs is 1. The number of rotatable bonds is 6. The molecule has 3 aromatic rings. The van der Waals surface area contributed by atoms with Gasteiger partial charge in [0.1, 0.15) is 11.5 Å². The summed E-state index contributed by atoms with van der Waals surface area (Å²) in [7, 11) is 0. The van der Waals surface area contributed by atoms with Crippen molar-refractivity contribution in [2.24, 2.45) is 0 Å². The van der Waals surface area contributed by atoms with Gasteiger partial charge in [-0.3, -0.25) is 25.8 Å². The molecule has 3 rings (SSSR count). The molecular formula is C23H23N3O4S. The molecule has 0 fully saturated rings. The van der Waals surface area contributed by atoms with Crippen molar-refractivity contribution < 1.29 is 19.1 Å². The maximum Gasteiger partial charge on any atom is 0.279 e. The molecule has 0 bridgehead atoms. The number of benzene rings is 3. The predicted molar refractivity (Wildman–Crippen MR) is 123 cm³/mol. The Morgan fingerprint density at radius 1 is 0.935 bits per heavy atom. The molecule has 1 unspecified atom stereocenters. The monoisotopic (exact) mass is 437 g/mol. The van der Waals surface area contributed by atoms with Gasteiger partial charge in [-0.05, 0) is 67.2 Å². The fraction of sp³-hybridized carbons (Fsp3) is 0.174. The van der Waals surface area contributed by atoms with Crippen molar-refractivity contribution >= 4 is 39.9 Å². The van der Waals surface area contributed by atoms with Crippen molar-refractivity contribution in [3.05, 3.63) is 72.3 Å². The van der Waals surface area contributed by atoms with E-state index in [1.165, 1.54) is 0 Å². The van der Waals surface area contributed by atoms with Gasteiger partial charge < -0.3 is 9.47 Å². The molecule has 0 saturated carbocycles. The molecule has 0 aliphatic heterocycles. The zero-order valence-electron chi connectivity index (χ0n) is 17.2. The van der Waals surface area contributed by atoms with E-state index < -0.39 is 17.9 Å². The fourth-order valence-electron chi connectivity index (χ4n) is 2.82. The Morgan fingerprint density at radius 2 is 1.71 bits per heavy atom. The maximum atomic E-state index is 12.3. The summed E-state index contributed by atoms with van der Waals surface area (Å²) in [6.45, 7) is 3.97. The highest BCUT2D eigenvalue weighted by Gasteiger charge is 2.16. The molecule has 2 amide bonds. The average molecular weight is 438 g/mol. The Balaban J connectivity index is 1.49. The Morgan fingerprint density at radius 3 is 2.48 bits per heavy atom. The molecule has 0 heterocycles. The zero-order valence-corrected chi connectivity index (χ0v) is 18.0. The van der Waals surface area contributed by atoms with Gasteiger partial charge in [0, 0.05) is 5.56 Å². The van der Waals surface area contributed by atoms with Crippen molar-refractivity contribution in [3.63, 3.8) is 0 Å². The van der Waals surface area contributed by atoms with Gasteiger partial charge in [-0.15, -0.1) is 0 Å². The molecule has 3 N–H and O–H groups in total. The summed E-state index contributed by atoms with van der Waals surface area (Å²) in [5.41, 5.74) is 5.33. The Kier molecular flexibility index (Phi) is 7.40. The van der Waals surface area contributed by atoms with Gasteiger partial charge in [0.25, 0.3) is 11.8 Å². The SMILES string of the molecule is CCOc1cccc(C(=O)NC(=S)NNC(=O)C(C)Oc2ccc3ccccc3c2)c1. The number of thiocarbonyl (C=S) groups is 1. The minimum atomic E-state index is -0.782. The second kappa shape index (κ2) is 10.4. The van der Waals surface area contributed by atoms with Crippen LogP contribution in [0.5, 0.6) is 11.5 Å². The third kappa shape index (κ3) is 6.16. The Bertz CT molecular complexity index is 1100. The van der Waals surface area contributed by atoms with Crippen LogP contribution in [-0.2, 0) is 4.79 Å². The average Bonchev–Trinajstić information content (AvgIpc) is 2.77. The Labute approximate surface area is 185 Å². The smallest absolute Gasteiger partial charge is 0.279 e. The van der Waals surface area contributed by atoms with Gasteiger partial charge in [0.15, 0.2) is 11.2 Å². The predicted octanol–water partition coefficient (Wildman–Crippen LogP) is 3.34. The van der Waals surface area contributed by atoms with Crippen LogP contribution in [0.4, 0.5) is 0 Å². The second-order valence-corrected chi connectivity index (χ2v) is 7.04. The number of hydrazine groups is 1. The fourth-order valence-corrected chi connectivity index (χ4v) is 2.96. The molecule has 0 aliphatic carbocycles. The first kappa shape index (κ1) is 22.0. The van der Waals surface area contributed by atoms with E-state index in [0.717, 1.165) is 10.8 Å². The van der Waals surface area contributed by atoms with Crippen LogP contribution in [0.25, 0.3) is 10.8 Å². The van der Waals surface area contributed by atoms with Gasteiger partial charge in [-0.1, -0.05) is 36.4 Å². The number of amides is 2. The number of carbonyl (C=O) groups excluding carboxylic acids is 2. The zero-order chi connectivity index (χ0) is 22.2. The molecule has 3 aromatic carbocycles. The molecule has 0 radical (unpaired) electrons. The van der Waals surface area contributed by atoms with Crippen LogP contribution in [-0.4, -0.2) is 29.6 Å². The largest absolute Gasteiger partial charge is 0.494 e. The van der Waals surface area contributed by atoms with Gasteiger partial charge in [0.2, 0.25) is 0 Å². The lowest BCUT2D eigenvalue weighted by atomic mass is 10.1.